The fourth-order valence-electron chi connectivity index (χ4n) is 2.77. The van der Waals surface area contributed by atoms with Crippen molar-refractivity contribution in [1.82, 2.24) is 15.1 Å². The number of carbonyl (C=O) groups is 3. The monoisotopic (exact) mass is 283 g/mol. The number of piperidine rings is 1. The Kier molecular flexibility index (Phi) is 4.43. The Hall–Kier alpha value is -1.83. The summed E-state index contributed by atoms with van der Waals surface area (Å²) in [5.74, 6) is -0.817. The van der Waals surface area contributed by atoms with Crippen molar-refractivity contribution in [3.05, 3.63) is 0 Å². The lowest BCUT2D eigenvalue weighted by atomic mass is 10.0. The molecule has 0 radical (unpaired) electrons. The molecule has 0 aromatic heterocycles. The molecule has 2 fully saturated rings. The molecule has 0 aliphatic carbocycles. The first-order valence-electron chi connectivity index (χ1n) is 6.86. The number of carbonyl (C=O) groups excluding carboxylic acids is 3. The molecule has 2 aliphatic rings. The van der Waals surface area contributed by atoms with E-state index >= 15 is 0 Å². The minimum Gasteiger partial charge on any atom is -0.370 e. The predicted molar refractivity (Wildman–Crippen MR) is 71.5 cm³/mol. The molecule has 0 spiro atoms. The van der Waals surface area contributed by atoms with Crippen molar-refractivity contribution in [3.63, 3.8) is 0 Å². The van der Waals surface area contributed by atoms with E-state index in [0.717, 1.165) is 19.4 Å². The van der Waals surface area contributed by atoms with E-state index in [0.29, 0.717) is 19.6 Å². The summed E-state index contributed by atoms with van der Waals surface area (Å²) in [6.45, 7) is 2.51. The van der Waals surface area contributed by atoms with E-state index in [2.05, 4.69) is 5.32 Å². The maximum Gasteiger partial charge on any atom is 0.317 e. The van der Waals surface area contributed by atoms with Crippen molar-refractivity contribution in [2.24, 2.45) is 11.5 Å². The third kappa shape index (κ3) is 3.19. The van der Waals surface area contributed by atoms with Gasteiger partial charge in [0.25, 0.3) is 0 Å². The Morgan fingerprint density at radius 2 is 1.95 bits per heavy atom. The number of hydrogen-bond donors (Lipinski definition) is 3. The van der Waals surface area contributed by atoms with Crippen LogP contribution in [0.4, 0.5) is 4.79 Å². The first-order valence-corrected chi connectivity index (χ1v) is 6.86. The molecule has 8 nitrogen and oxygen atoms in total. The number of rotatable bonds is 4. The summed E-state index contributed by atoms with van der Waals surface area (Å²) in [4.78, 5) is 37.9. The second-order valence-corrected chi connectivity index (χ2v) is 5.26. The van der Waals surface area contributed by atoms with Gasteiger partial charge in [0.1, 0.15) is 0 Å². The maximum atomic E-state index is 12.0. The lowest BCUT2D eigenvalue weighted by Crippen LogP contribution is -2.52. The SMILES string of the molecule is NC(=O)CC(N)C(=O)N1CCC(N2CCNC2=O)CC1. The molecule has 1 unspecified atom stereocenters. The van der Waals surface area contributed by atoms with Gasteiger partial charge >= 0.3 is 6.03 Å². The zero-order chi connectivity index (χ0) is 14.7. The molecule has 4 amide bonds. The molecule has 0 saturated carbocycles. The van der Waals surface area contributed by atoms with Gasteiger partial charge in [0.15, 0.2) is 0 Å². The Morgan fingerprint density at radius 3 is 2.45 bits per heavy atom. The van der Waals surface area contributed by atoms with Gasteiger partial charge in [-0.3, -0.25) is 9.59 Å². The quantitative estimate of drug-likeness (QED) is 0.563. The molecule has 5 N–H and O–H groups in total. The molecular weight excluding hydrogens is 262 g/mol. The summed E-state index contributed by atoms with van der Waals surface area (Å²) in [7, 11) is 0. The van der Waals surface area contributed by atoms with Crippen LogP contribution in [0.3, 0.4) is 0 Å². The van der Waals surface area contributed by atoms with Crippen LogP contribution in [0.1, 0.15) is 19.3 Å². The van der Waals surface area contributed by atoms with Gasteiger partial charge in [0.05, 0.1) is 12.5 Å². The molecule has 112 valence electrons. The van der Waals surface area contributed by atoms with E-state index in [1.54, 1.807) is 4.90 Å². The molecule has 2 saturated heterocycles. The molecule has 2 aliphatic heterocycles. The summed E-state index contributed by atoms with van der Waals surface area (Å²) < 4.78 is 0. The van der Waals surface area contributed by atoms with E-state index in [9.17, 15) is 14.4 Å². The van der Waals surface area contributed by atoms with Crippen molar-refractivity contribution in [3.8, 4) is 0 Å². The molecule has 2 heterocycles. The molecule has 0 aromatic carbocycles. The van der Waals surface area contributed by atoms with Crippen LogP contribution in [0.15, 0.2) is 0 Å². The van der Waals surface area contributed by atoms with Crippen molar-refractivity contribution in [2.75, 3.05) is 26.2 Å². The van der Waals surface area contributed by atoms with E-state index < -0.39 is 11.9 Å². The molecule has 20 heavy (non-hydrogen) atoms. The molecule has 0 bridgehead atoms. The van der Waals surface area contributed by atoms with Gasteiger partial charge < -0.3 is 26.6 Å². The average Bonchev–Trinajstić information content (AvgIpc) is 2.83. The fourth-order valence-corrected chi connectivity index (χ4v) is 2.77. The van der Waals surface area contributed by atoms with Crippen LogP contribution < -0.4 is 16.8 Å². The lowest BCUT2D eigenvalue weighted by Gasteiger charge is -2.37. The fraction of sp³-hybridized carbons (Fsp3) is 0.750. The largest absolute Gasteiger partial charge is 0.370 e. The van der Waals surface area contributed by atoms with E-state index in [4.69, 9.17) is 11.5 Å². The number of primary amides is 1. The lowest BCUT2D eigenvalue weighted by molar-refractivity contribution is -0.135. The summed E-state index contributed by atoms with van der Waals surface area (Å²) in [5, 5.41) is 2.78. The zero-order valence-electron chi connectivity index (χ0n) is 11.4. The predicted octanol–water partition coefficient (Wildman–Crippen LogP) is -1.79. The van der Waals surface area contributed by atoms with Crippen molar-refractivity contribution in [1.29, 1.82) is 0 Å². The number of nitrogens with one attached hydrogen (secondary N) is 1. The minimum absolute atomic E-state index is 0.0276. The highest BCUT2D eigenvalue weighted by molar-refractivity contribution is 5.87. The first-order chi connectivity index (χ1) is 9.49. The highest BCUT2D eigenvalue weighted by Gasteiger charge is 2.33. The Bertz CT molecular complexity index is 406. The molecule has 0 aromatic rings. The van der Waals surface area contributed by atoms with Gasteiger partial charge in [-0.05, 0) is 12.8 Å². The van der Waals surface area contributed by atoms with E-state index in [1.807, 2.05) is 4.90 Å². The zero-order valence-corrected chi connectivity index (χ0v) is 11.4. The van der Waals surface area contributed by atoms with Gasteiger partial charge in [-0.15, -0.1) is 0 Å². The number of likely N-dealkylation sites (tertiary alicyclic amines) is 1. The van der Waals surface area contributed by atoms with Crippen LogP contribution in [0, 0.1) is 0 Å². The number of nitrogens with two attached hydrogens (primary N) is 2. The third-order valence-electron chi connectivity index (χ3n) is 3.85. The topological polar surface area (TPSA) is 122 Å². The van der Waals surface area contributed by atoms with Gasteiger partial charge in [-0.2, -0.15) is 0 Å². The van der Waals surface area contributed by atoms with Crippen LogP contribution >= 0.6 is 0 Å². The van der Waals surface area contributed by atoms with E-state index in [1.165, 1.54) is 0 Å². The van der Waals surface area contributed by atoms with Gasteiger partial charge in [0.2, 0.25) is 11.8 Å². The Balaban J connectivity index is 1.83. The Labute approximate surface area is 117 Å². The maximum absolute atomic E-state index is 12.0. The van der Waals surface area contributed by atoms with Crippen molar-refractivity contribution >= 4 is 17.8 Å². The van der Waals surface area contributed by atoms with Crippen LogP contribution in [-0.4, -0.2) is 65.9 Å². The molecule has 8 heteroatoms. The summed E-state index contributed by atoms with van der Waals surface area (Å²) in [6.07, 6.45) is 1.35. The molecule has 2 rings (SSSR count). The van der Waals surface area contributed by atoms with Gasteiger partial charge in [-0.25, -0.2) is 4.79 Å². The molecular formula is C12H21N5O3. The third-order valence-corrected chi connectivity index (χ3v) is 3.85. The highest BCUT2D eigenvalue weighted by Crippen LogP contribution is 2.18. The van der Waals surface area contributed by atoms with Crippen LogP contribution in [0.5, 0.6) is 0 Å². The van der Waals surface area contributed by atoms with Gasteiger partial charge in [0, 0.05) is 32.2 Å². The van der Waals surface area contributed by atoms with Crippen LogP contribution in [-0.2, 0) is 9.59 Å². The normalized spacial score (nSPS) is 21.8. The summed E-state index contributed by atoms with van der Waals surface area (Å²) >= 11 is 0. The number of urea groups is 1. The standard InChI is InChI=1S/C12H21N5O3/c13-9(7-10(14)18)11(19)16-4-1-8(2-5-16)17-6-3-15-12(17)20/h8-9H,1-7,13H2,(H2,14,18)(H,15,20). The van der Waals surface area contributed by atoms with Crippen LogP contribution in [0.2, 0.25) is 0 Å². The summed E-state index contributed by atoms with van der Waals surface area (Å²) in [6, 6.07) is -0.715. The minimum atomic E-state index is -0.862. The van der Waals surface area contributed by atoms with Gasteiger partial charge in [-0.1, -0.05) is 0 Å². The second-order valence-electron chi connectivity index (χ2n) is 5.26. The smallest absolute Gasteiger partial charge is 0.317 e. The van der Waals surface area contributed by atoms with E-state index in [-0.39, 0.29) is 24.4 Å². The number of hydrogen-bond acceptors (Lipinski definition) is 4. The van der Waals surface area contributed by atoms with Crippen molar-refractivity contribution in [2.45, 2.75) is 31.3 Å². The first kappa shape index (κ1) is 14.6. The number of amides is 4. The second kappa shape index (κ2) is 6.08. The summed E-state index contributed by atoms with van der Waals surface area (Å²) in [5.41, 5.74) is 10.7. The van der Waals surface area contributed by atoms with Crippen molar-refractivity contribution < 1.29 is 14.4 Å². The Morgan fingerprint density at radius 1 is 1.30 bits per heavy atom. The molecule has 1 atom stereocenters. The number of nitrogens with zero attached hydrogens (tertiary/aromatic N) is 2. The highest BCUT2D eigenvalue weighted by atomic mass is 16.2. The van der Waals surface area contributed by atoms with Crippen LogP contribution in [0.25, 0.3) is 0 Å². The average molecular weight is 283 g/mol.